The highest BCUT2D eigenvalue weighted by atomic mass is 19.4. The molecule has 0 unspecified atom stereocenters. The van der Waals surface area contributed by atoms with E-state index in [-0.39, 0.29) is 5.56 Å². The van der Waals surface area contributed by atoms with Crippen LogP contribution in [0.3, 0.4) is 0 Å². The lowest BCUT2D eigenvalue weighted by atomic mass is 10.1. The van der Waals surface area contributed by atoms with Crippen molar-refractivity contribution in [3.05, 3.63) is 36.4 Å². The summed E-state index contributed by atoms with van der Waals surface area (Å²) in [5, 5.41) is 0. The van der Waals surface area contributed by atoms with E-state index in [9.17, 15) is 22.8 Å². The number of nitrogens with zero attached hydrogens (tertiary/aromatic N) is 1. The minimum Gasteiger partial charge on any atom is -0.447 e. The number of hydrogen-bond acceptors (Lipinski definition) is 4. The molecular weight excluding hydrogens is 291 g/mol. The lowest BCUT2D eigenvalue weighted by molar-refractivity contribution is -0.274. The summed E-state index contributed by atoms with van der Waals surface area (Å²) in [7, 11) is 0. The molecule has 0 spiro atoms. The number of benzene rings is 1. The highest BCUT2D eigenvalue weighted by molar-refractivity contribution is 6.23. The van der Waals surface area contributed by atoms with E-state index >= 15 is 0 Å². The van der Waals surface area contributed by atoms with Crippen molar-refractivity contribution in [3.8, 4) is 5.75 Å². The van der Waals surface area contributed by atoms with Crippen molar-refractivity contribution < 1.29 is 35.0 Å². The zero-order valence-corrected chi connectivity index (χ0v) is 10.4. The Kier molecular flexibility index (Phi) is 3.19. The standard InChI is InChI=1S/C13H10F3NO4/c1-8(11(18)17-6-7-20-12(17)19)9-4-2-3-5-10(9)21-13(14,15)16/h2-5H,1,6-7H2/i7D2. The van der Waals surface area contributed by atoms with E-state index in [0.717, 1.165) is 12.1 Å². The maximum absolute atomic E-state index is 12.4. The molecule has 1 heterocycles. The van der Waals surface area contributed by atoms with Crippen LogP contribution in [0, 0.1) is 0 Å². The molecule has 0 aliphatic carbocycles. The van der Waals surface area contributed by atoms with Crippen LogP contribution in [0.1, 0.15) is 8.30 Å². The summed E-state index contributed by atoms with van der Waals surface area (Å²) in [5.41, 5.74) is -0.727. The first kappa shape index (κ1) is 12.2. The Morgan fingerprint density at radius 2 is 2.10 bits per heavy atom. The maximum atomic E-state index is 12.4. The molecule has 2 amide bonds. The molecule has 0 atom stereocenters. The number of imide groups is 1. The maximum Gasteiger partial charge on any atom is 0.573 e. The first-order valence-corrected chi connectivity index (χ1v) is 5.59. The Hall–Kier alpha value is -2.51. The molecule has 21 heavy (non-hydrogen) atoms. The lowest BCUT2D eigenvalue weighted by Gasteiger charge is -2.16. The van der Waals surface area contributed by atoms with Crippen molar-refractivity contribution >= 4 is 17.6 Å². The van der Waals surface area contributed by atoms with Crippen molar-refractivity contribution in [2.24, 2.45) is 0 Å². The number of hydrogen-bond donors (Lipinski definition) is 0. The number of para-hydroxylation sites is 1. The van der Waals surface area contributed by atoms with Gasteiger partial charge in [0.2, 0.25) is 0 Å². The number of amides is 2. The quantitative estimate of drug-likeness (QED) is 0.805. The van der Waals surface area contributed by atoms with Gasteiger partial charge in [0.25, 0.3) is 5.91 Å². The second kappa shape index (κ2) is 5.47. The van der Waals surface area contributed by atoms with Crippen LogP contribution in [0.5, 0.6) is 5.75 Å². The number of ether oxygens (including phenoxy) is 2. The fourth-order valence-electron chi connectivity index (χ4n) is 1.64. The van der Waals surface area contributed by atoms with Gasteiger partial charge in [0.1, 0.15) is 12.3 Å². The topological polar surface area (TPSA) is 55.8 Å². The fourth-order valence-corrected chi connectivity index (χ4v) is 1.64. The van der Waals surface area contributed by atoms with Crippen molar-refractivity contribution in [1.29, 1.82) is 0 Å². The number of carbonyl (C=O) groups excluding carboxylic acids is 2. The fraction of sp³-hybridized carbons (Fsp3) is 0.231. The van der Waals surface area contributed by atoms with Crippen LogP contribution in [0.15, 0.2) is 30.8 Å². The van der Waals surface area contributed by atoms with Crippen LogP contribution in [0.4, 0.5) is 18.0 Å². The van der Waals surface area contributed by atoms with E-state index in [2.05, 4.69) is 16.1 Å². The number of cyclic esters (lactones) is 1. The molecule has 1 aliphatic rings. The van der Waals surface area contributed by atoms with Gasteiger partial charge in [-0.25, -0.2) is 9.69 Å². The van der Waals surface area contributed by atoms with Crippen molar-refractivity contribution in [2.45, 2.75) is 6.36 Å². The van der Waals surface area contributed by atoms with Crippen LogP contribution >= 0.6 is 0 Å². The van der Waals surface area contributed by atoms with E-state index in [1.807, 2.05) is 0 Å². The molecule has 1 aliphatic heterocycles. The van der Waals surface area contributed by atoms with E-state index < -0.39 is 42.8 Å². The Morgan fingerprint density at radius 3 is 2.67 bits per heavy atom. The molecule has 1 saturated heterocycles. The van der Waals surface area contributed by atoms with Crippen LogP contribution in [0.25, 0.3) is 5.57 Å². The highest BCUT2D eigenvalue weighted by Crippen LogP contribution is 2.31. The molecule has 0 N–H and O–H groups in total. The molecule has 0 radical (unpaired) electrons. The summed E-state index contributed by atoms with van der Waals surface area (Å²) in [6, 6.07) is 4.78. The van der Waals surface area contributed by atoms with Gasteiger partial charge in [-0.15, -0.1) is 13.2 Å². The van der Waals surface area contributed by atoms with Gasteiger partial charge in [-0.05, 0) is 6.07 Å². The average Bonchev–Trinajstić information content (AvgIpc) is 2.69. The molecule has 2 rings (SSSR count). The smallest absolute Gasteiger partial charge is 0.447 e. The van der Waals surface area contributed by atoms with Gasteiger partial charge in [-0.2, -0.15) is 0 Å². The Balaban J connectivity index is 2.28. The van der Waals surface area contributed by atoms with Gasteiger partial charge in [0.15, 0.2) is 0 Å². The third-order valence-corrected chi connectivity index (χ3v) is 2.54. The number of rotatable bonds is 3. The summed E-state index contributed by atoms with van der Waals surface area (Å²) in [4.78, 5) is 24.1. The molecule has 1 aromatic carbocycles. The van der Waals surface area contributed by atoms with E-state index in [4.69, 9.17) is 2.74 Å². The van der Waals surface area contributed by atoms with Gasteiger partial charge < -0.3 is 9.47 Å². The van der Waals surface area contributed by atoms with Crippen molar-refractivity contribution in [2.75, 3.05) is 13.1 Å². The Morgan fingerprint density at radius 1 is 1.43 bits per heavy atom. The van der Waals surface area contributed by atoms with E-state index in [1.54, 1.807) is 0 Å². The second-order valence-corrected chi connectivity index (χ2v) is 3.93. The van der Waals surface area contributed by atoms with Crippen LogP contribution in [0.2, 0.25) is 0 Å². The monoisotopic (exact) mass is 303 g/mol. The molecule has 1 fully saturated rings. The average molecular weight is 303 g/mol. The molecule has 8 heteroatoms. The lowest BCUT2D eigenvalue weighted by Crippen LogP contribution is -2.32. The van der Waals surface area contributed by atoms with Gasteiger partial charge in [0.05, 0.1) is 9.29 Å². The van der Waals surface area contributed by atoms with Crippen LogP contribution < -0.4 is 4.74 Å². The minimum absolute atomic E-state index is 0.268. The first-order valence-electron chi connectivity index (χ1n) is 6.59. The predicted octanol–water partition coefficient (Wildman–Crippen LogP) is 2.58. The summed E-state index contributed by atoms with van der Waals surface area (Å²) in [5.74, 6) is -1.73. The minimum atomic E-state index is -4.97. The molecule has 1 aromatic rings. The zero-order valence-electron chi connectivity index (χ0n) is 12.4. The Bertz CT molecular complexity index is 675. The third-order valence-electron chi connectivity index (χ3n) is 2.54. The molecule has 112 valence electrons. The Labute approximate surface area is 120 Å². The molecular formula is C13H10F3NO4. The van der Waals surface area contributed by atoms with Crippen LogP contribution in [-0.4, -0.2) is 36.4 Å². The van der Waals surface area contributed by atoms with Crippen molar-refractivity contribution in [1.82, 2.24) is 4.90 Å². The summed E-state index contributed by atoms with van der Waals surface area (Å²) >= 11 is 0. The molecule has 0 saturated carbocycles. The summed E-state index contributed by atoms with van der Waals surface area (Å²) < 4.78 is 59.8. The molecule has 0 bridgehead atoms. The normalized spacial score (nSPS) is 18.6. The third kappa shape index (κ3) is 3.33. The summed E-state index contributed by atoms with van der Waals surface area (Å²) in [6.45, 7) is 0.319. The van der Waals surface area contributed by atoms with Crippen LogP contribution in [-0.2, 0) is 9.53 Å². The molecule has 0 aromatic heterocycles. The number of carbonyl (C=O) groups is 2. The predicted molar refractivity (Wildman–Crippen MR) is 65.2 cm³/mol. The van der Waals surface area contributed by atoms with Crippen molar-refractivity contribution in [3.63, 3.8) is 0 Å². The van der Waals surface area contributed by atoms with Gasteiger partial charge in [-0.3, -0.25) is 4.79 Å². The van der Waals surface area contributed by atoms with E-state index in [0.29, 0.717) is 4.90 Å². The largest absolute Gasteiger partial charge is 0.573 e. The van der Waals surface area contributed by atoms with Gasteiger partial charge in [0, 0.05) is 11.1 Å². The SMILES string of the molecule is [2H]C1([2H])CN(C(=O)C(=C)c2ccccc2OC(F)(F)F)C(=O)O1. The zero-order chi connectivity index (χ0) is 17.4. The molecule has 5 nitrogen and oxygen atoms in total. The summed E-state index contributed by atoms with van der Waals surface area (Å²) in [6.07, 6.45) is -6.21. The number of alkyl halides is 3. The second-order valence-electron chi connectivity index (χ2n) is 3.93. The highest BCUT2D eigenvalue weighted by Gasteiger charge is 2.34. The van der Waals surface area contributed by atoms with Gasteiger partial charge >= 0.3 is 12.5 Å². The first-order chi connectivity index (χ1) is 10.5. The van der Waals surface area contributed by atoms with E-state index in [1.165, 1.54) is 12.1 Å². The van der Waals surface area contributed by atoms with Gasteiger partial charge in [-0.1, -0.05) is 24.8 Å². The number of halogens is 3.